The van der Waals surface area contributed by atoms with Crippen molar-refractivity contribution in [3.8, 4) is 17.0 Å². The van der Waals surface area contributed by atoms with E-state index in [1.165, 1.54) is 11.1 Å². The van der Waals surface area contributed by atoms with E-state index in [1.54, 1.807) is 17.0 Å². The topological polar surface area (TPSA) is 173 Å². The number of phenols is 1. The minimum Gasteiger partial charge on any atom is -0.507 e. The molecule has 54 heavy (non-hydrogen) atoms. The summed E-state index contributed by atoms with van der Waals surface area (Å²) in [5, 5.41) is 33.1. The van der Waals surface area contributed by atoms with Gasteiger partial charge in [-0.15, -0.1) is 10.2 Å². The molecule has 3 saturated heterocycles. The first-order valence-corrected chi connectivity index (χ1v) is 19.4. The molecule has 1 aliphatic carbocycles. The number of H-pyrrole nitrogens is 1. The molecule has 1 aromatic carbocycles. The van der Waals surface area contributed by atoms with Crippen molar-refractivity contribution >= 4 is 29.0 Å². The second kappa shape index (κ2) is 13.5. The minimum absolute atomic E-state index is 0.0307. The molecule has 5 aliphatic rings. The zero-order valence-electron chi connectivity index (χ0n) is 31.0. The van der Waals surface area contributed by atoms with E-state index in [1.807, 2.05) is 37.5 Å². The van der Waals surface area contributed by atoms with Gasteiger partial charge in [-0.2, -0.15) is 0 Å². The molecule has 4 aliphatic heterocycles. The fourth-order valence-corrected chi connectivity index (χ4v) is 9.94. The molecule has 4 aromatic rings. The minimum atomic E-state index is -0.976. The number of phenolic OH excluding ortho intramolecular Hbond substituents is 1. The van der Waals surface area contributed by atoms with Crippen LogP contribution < -0.4 is 10.2 Å². The third-order valence-electron chi connectivity index (χ3n) is 13.3. The fourth-order valence-electron chi connectivity index (χ4n) is 9.94. The van der Waals surface area contributed by atoms with Gasteiger partial charge in [0.05, 0.1) is 11.7 Å². The summed E-state index contributed by atoms with van der Waals surface area (Å²) in [5.74, 6) is 0.360. The van der Waals surface area contributed by atoms with Crippen molar-refractivity contribution in [1.82, 2.24) is 40.3 Å². The van der Waals surface area contributed by atoms with E-state index in [0.717, 1.165) is 74.4 Å². The van der Waals surface area contributed by atoms with Crippen LogP contribution in [-0.2, 0) is 16.0 Å². The molecule has 9 rings (SSSR count). The molecule has 1 saturated carbocycles. The Morgan fingerprint density at radius 1 is 1.04 bits per heavy atom. The Labute approximate surface area is 314 Å². The predicted octanol–water partition coefficient (Wildman–Crippen LogP) is 4.87. The zero-order valence-corrected chi connectivity index (χ0v) is 31.0. The first kappa shape index (κ1) is 34.9. The molecule has 4 N–H and O–H groups in total. The Balaban J connectivity index is 0.773. The van der Waals surface area contributed by atoms with Crippen LogP contribution in [0.4, 0.5) is 10.7 Å². The molecule has 14 nitrogen and oxygen atoms in total. The number of carbonyl (C=O) groups excluding carboxylic acids is 1. The highest BCUT2D eigenvalue weighted by Gasteiger charge is 2.56. The lowest BCUT2D eigenvalue weighted by Gasteiger charge is -2.61. The number of carboxylic acids is 1. The maximum Gasteiger partial charge on any atom is 0.326 e. The van der Waals surface area contributed by atoms with E-state index in [9.17, 15) is 19.8 Å². The van der Waals surface area contributed by atoms with Gasteiger partial charge in [0.1, 0.15) is 11.8 Å². The molecule has 284 valence electrons. The van der Waals surface area contributed by atoms with Crippen molar-refractivity contribution in [2.45, 2.75) is 82.8 Å². The number of benzene rings is 1. The third kappa shape index (κ3) is 6.12. The van der Waals surface area contributed by atoms with Gasteiger partial charge in [-0.25, -0.2) is 19.6 Å². The average molecular weight is 736 g/mol. The summed E-state index contributed by atoms with van der Waals surface area (Å²) in [7, 11) is 0. The molecule has 2 amide bonds. The van der Waals surface area contributed by atoms with E-state index in [4.69, 9.17) is 14.7 Å². The van der Waals surface area contributed by atoms with Gasteiger partial charge in [0.2, 0.25) is 5.95 Å². The van der Waals surface area contributed by atoms with Crippen molar-refractivity contribution in [2.75, 3.05) is 50.8 Å². The number of rotatable bonds is 7. The normalized spacial score (nSPS) is 23.4. The summed E-state index contributed by atoms with van der Waals surface area (Å²) >= 11 is 0. The van der Waals surface area contributed by atoms with Crippen LogP contribution in [0.1, 0.15) is 81.2 Å². The molecule has 3 aromatic heterocycles. The van der Waals surface area contributed by atoms with E-state index in [0.29, 0.717) is 62.4 Å². The van der Waals surface area contributed by atoms with Crippen LogP contribution in [0.5, 0.6) is 5.75 Å². The number of hydrogen-bond acceptors (Lipinski definition) is 10. The largest absolute Gasteiger partial charge is 0.507 e. The molecular weight excluding hydrogens is 686 g/mol. The number of aliphatic carboxylic acids is 1. The SMILES string of the molecule is CC1c2c([nH]c3nnc(-c4ccccc4O)cc23)CCN1c1ncc(C2CCN(C3CC4(C3)CN(C(=O)NC(C(=O)O)C3(C)CCOCC3)C4)CC2)cn1. The van der Waals surface area contributed by atoms with Crippen LogP contribution >= 0.6 is 0 Å². The fraction of sp³-hybridized carbons (Fsp3) is 0.550. The first-order valence-electron chi connectivity index (χ1n) is 19.4. The standard InChI is InChI=1S/C40H49N9O5/c1-24-33-29-17-31(28-5-3-4-6-32(28)50)45-46-35(29)43-30(33)9-14-49(24)37-41-20-26(21-42-37)25-7-12-47(13-8-25)27-18-40(19-27)22-48(23-40)38(53)44-34(36(51)52)39(2)10-15-54-16-11-39/h3-6,17,20-21,24-25,27,34,50H,7-16,18-19,22-23H2,1-2H3,(H,43,46)(H,44,53)(H,51,52). The summed E-state index contributed by atoms with van der Waals surface area (Å²) in [6, 6.07) is 8.61. The highest BCUT2D eigenvalue weighted by molar-refractivity contribution is 5.86. The maximum absolute atomic E-state index is 13.1. The zero-order chi connectivity index (χ0) is 37.2. The van der Waals surface area contributed by atoms with Crippen LogP contribution in [0.3, 0.4) is 0 Å². The van der Waals surface area contributed by atoms with Gasteiger partial charge in [-0.05, 0) is 88.2 Å². The quantitative estimate of drug-likeness (QED) is 0.204. The van der Waals surface area contributed by atoms with Crippen LogP contribution in [0.15, 0.2) is 42.7 Å². The number of carbonyl (C=O) groups is 2. The number of piperidine rings is 1. The average Bonchev–Trinajstić information content (AvgIpc) is 3.52. The number of aromatic nitrogens is 5. The third-order valence-corrected chi connectivity index (χ3v) is 13.3. The summed E-state index contributed by atoms with van der Waals surface area (Å²) in [5.41, 5.74) is 5.23. The van der Waals surface area contributed by atoms with Crippen molar-refractivity contribution in [1.29, 1.82) is 0 Å². The molecule has 0 radical (unpaired) electrons. The molecule has 14 heteroatoms. The van der Waals surface area contributed by atoms with Gasteiger partial charge < -0.3 is 40.0 Å². The van der Waals surface area contributed by atoms with E-state index in [2.05, 4.69) is 37.2 Å². The van der Waals surface area contributed by atoms with Gasteiger partial charge in [-0.1, -0.05) is 19.1 Å². The highest BCUT2D eigenvalue weighted by Crippen LogP contribution is 2.51. The van der Waals surface area contributed by atoms with Crippen LogP contribution in [0.25, 0.3) is 22.3 Å². The number of nitrogens with zero attached hydrogens (tertiary/aromatic N) is 7. The number of hydrogen-bond donors (Lipinski definition) is 4. The molecular formula is C40H49N9O5. The highest BCUT2D eigenvalue weighted by atomic mass is 16.5. The van der Waals surface area contributed by atoms with E-state index in [-0.39, 0.29) is 23.2 Å². The first-order chi connectivity index (χ1) is 26.1. The number of anilines is 1. The second-order valence-corrected chi connectivity index (χ2v) is 16.7. The number of aromatic hydroxyl groups is 1. The van der Waals surface area contributed by atoms with Gasteiger partial charge in [-0.3, -0.25) is 0 Å². The van der Waals surface area contributed by atoms with Crippen molar-refractivity contribution in [2.24, 2.45) is 10.8 Å². The number of ether oxygens (including phenoxy) is 1. The molecule has 1 spiro atoms. The van der Waals surface area contributed by atoms with Crippen molar-refractivity contribution in [3.63, 3.8) is 0 Å². The Kier molecular flexibility index (Phi) is 8.72. The number of aromatic amines is 1. The lowest BCUT2D eigenvalue weighted by Crippen LogP contribution is -2.70. The lowest BCUT2D eigenvalue weighted by molar-refractivity contribution is -0.145. The van der Waals surface area contributed by atoms with Crippen LogP contribution in [0.2, 0.25) is 0 Å². The Morgan fingerprint density at radius 2 is 1.76 bits per heavy atom. The summed E-state index contributed by atoms with van der Waals surface area (Å²) < 4.78 is 5.44. The van der Waals surface area contributed by atoms with Gasteiger partial charge in [0.25, 0.3) is 0 Å². The number of carboxylic acid groups (broad SMARTS) is 1. The monoisotopic (exact) mass is 735 g/mol. The molecule has 2 atom stereocenters. The molecule has 7 heterocycles. The Morgan fingerprint density at radius 3 is 2.46 bits per heavy atom. The summed E-state index contributed by atoms with van der Waals surface area (Å²) in [6.07, 6.45) is 10.4. The molecule has 4 fully saturated rings. The van der Waals surface area contributed by atoms with Crippen LogP contribution in [0, 0.1) is 10.8 Å². The van der Waals surface area contributed by atoms with Gasteiger partial charge in [0, 0.05) is 90.7 Å². The molecule has 2 unspecified atom stereocenters. The Hall–Kier alpha value is -4.82. The number of fused-ring (bicyclic) bond motifs is 3. The van der Waals surface area contributed by atoms with E-state index < -0.39 is 17.4 Å². The lowest BCUT2D eigenvalue weighted by atomic mass is 9.60. The Bertz CT molecular complexity index is 2040. The second-order valence-electron chi connectivity index (χ2n) is 16.7. The van der Waals surface area contributed by atoms with Crippen molar-refractivity contribution in [3.05, 3.63) is 59.5 Å². The predicted molar refractivity (Wildman–Crippen MR) is 201 cm³/mol. The number of amides is 2. The smallest absolute Gasteiger partial charge is 0.326 e. The number of nitrogens with one attached hydrogen (secondary N) is 2. The van der Waals surface area contributed by atoms with Crippen molar-refractivity contribution < 1.29 is 24.5 Å². The molecule has 0 bridgehead atoms. The van der Waals surface area contributed by atoms with Gasteiger partial charge >= 0.3 is 12.0 Å². The summed E-state index contributed by atoms with van der Waals surface area (Å²) in [6.45, 7) is 9.45. The maximum atomic E-state index is 13.1. The number of likely N-dealkylation sites (tertiary alicyclic amines) is 2. The van der Waals surface area contributed by atoms with E-state index >= 15 is 0 Å². The van der Waals surface area contributed by atoms with Crippen LogP contribution in [-0.4, -0.2) is 115 Å². The van der Waals surface area contributed by atoms with Gasteiger partial charge in [0.15, 0.2) is 5.65 Å². The summed E-state index contributed by atoms with van der Waals surface area (Å²) in [4.78, 5) is 45.1. The number of para-hydroxylation sites is 1. The number of urea groups is 1.